The highest BCUT2D eigenvalue weighted by Gasteiger charge is 2.19. The molecule has 0 saturated heterocycles. The lowest BCUT2D eigenvalue weighted by Crippen LogP contribution is -2.02. The van der Waals surface area contributed by atoms with Crippen molar-refractivity contribution < 1.29 is 0 Å². The van der Waals surface area contributed by atoms with Gasteiger partial charge in [-0.15, -0.1) is 0 Å². The Hall–Kier alpha value is -4.62. The molecule has 0 atom stereocenters. The molecular formula is C38H39N. The molecule has 0 aliphatic rings. The van der Waals surface area contributed by atoms with E-state index in [9.17, 15) is 0 Å². The van der Waals surface area contributed by atoms with Crippen LogP contribution in [0.1, 0.15) is 65.3 Å². The molecule has 0 spiro atoms. The van der Waals surface area contributed by atoms with Crippen molar-refractivity contribution in [2.45, 2.75) is 27.7 Å². The van der Waals surface area contributed by atoms with Crippen LogP contribution in [0.5, 0.6) is 0 Å². The third-order valence-corrected chi connectivity index (χ3v) is 6.88. The van der Waals surface area contributed by atoms with Crippen LogP contribution in [0.3, 0.4) is 0 Å². The average molecular weight is 510 g/mol. The van der Waals surface area contributed by atoms with Crippen LogP contribution < -0.4 is 5.73 Å². The highest BCUT2D eigenvalue weighted by molar-refractivity contribution is 5.96. The number of hydrogen-bond acceptors (Lipinski definition) is 1. The molecule has 0 aliphatic carbocycles. The first-order valence-electron chi connectivity index (χ1n) is 13.2. The lowest BCUT2D eigenvalue weighted by Gasteiger charge is -2.21. The molecule has 3 rings (SSSR count). The summed E-state index contributed by atoms with van der Waals surface area (Å²) in [6.45, 7) is 24.5. The maximum Gasteiger partial charge on any atom is 0.00549 e. The summed E-state index contributed by atoms with van der Waals surface area (Å²) in [5, 5.41) is 0. The minimum absolute atomic E-state index is 0.778. The lowest BCUT2D eigenvalue weighted by atomic mass is 9.82. The van der Waals surface area contributed by atoms with E-state index >= 15 is 0 Å². The Morgan fingerprint density at radius 1 is 0.744 bits per heavy atom. The van der Waals surface area contributed by atoms with E-state index < -0.39 is 0 Å². The second-order valence-corrected chi connectivity index (χ2v) is 9.50. The van der Waals surface area contributed by atoms with Gasteiger partial charge in [0.2, 0.25) is 0 Å². The van der Waals surface area contributed by atoms with E-state index in [0.29, 0.717) is 0 Å². The monoisotopic (exact) mass is 509 g/mol. The minimum atomic E-state index is 0.778. The Balaban J connectivity index is 2.28. The number of benzene rings is 3. The van der Waals surface area contributed by atoms with E-state index in [1.807, 2.05) is 44.2 Å². The molecule has 0 bridgehead atoms. The highest BCUT2D eigenvalue weighted by atomic mass is 14.5. The van der Waals surface area contributed by atoms with Crippen LogP contribution in [0.4, 0.5) is 0 Å². The van der Waals surface area contributed by atoms with Crippen molar-refractivity contribution >= 4 is 28.9 Å². The van der Waals surface area contributed by atoms with E-state index in [1.54, 1.807) is 0 Å². The van der Waals surface area contributed by atoms with Crippen LogP contribution in [0, 0.1) is 6.92 Å². The maximum absolute atomic E-state index is 5.95. The van der Waals surface area contributed by atoms with Gasteiger partial charge in [0.25, 0.3) is 0 Å². The molecule has 0 radical (unpaired) electrons. The molecule has 0 fully saturated rings. The summed E-state index contributed by atoms with van der Waals surface area (Å²) in [7, 11) is 0. The van der Waals surface area contributed by atoms with Gasteiger partial charge >= 0.3 is 0 Å². The fourth-order valence-corrected chi connectivity index (χ4v) is 4.94. The first-order chi connectivity index (χ1) is 18.8. The summed E-state index contributed by atoms with van der Waals surface area (Å²) in [5.41, 5.74) is 20.0. The standard InChI is InChI=1S/C38H39N/c1-9-16-34(31-22-20-30(21-23-31)29(11-3)25-28(8)39)35-17-14-15-18-36(35)38(26(6)10-2)37-24-19-27(7)32(12-4)33(37)13-5/h9-25H,1-2,4-5,39H2,3,6-8H3/b28-25-,29-11+,34-16+,38-26-. The van der Waals surface area contributed by atoms with Crippen LogP contribution in [0.15, 0.2) is 129 Å². The van der Waals surface area contributed by atoms with Crippen molar-refractivity contribution in [1.82, 2.24) is 0 Å². The normalized spacial score (nSPS) is 13.0. The number of aryl methyl sites for hydroxylation is 1. The van der Waals surface area contributed by atoms with E-state index in [4.69, 9.17) is 5.73 Å². The molecule has 0 saturated carbocycles. The second-order valence-electron chi connectivity index (χ2n) is 9.50. The van der Waals surface area contributed by atoms with E-state index in [2.05, 4.69) is 113 Å². The van der Waals surface area contributed by atoms with E-state index in [0.717, 1.165) is 66.9 Å². The first kappa shape index (κ1) is 28.9. The number of allylic oxidation sites excluding steroid dienone is 8. The third-order valence-electron chi connectivity index (χ3n) is 6.88. The molecule has 196 valence electrons. The summed E-state index contributed by atoms with van der Waals surface area (Å²) in [6.07, 6.45) is 13.8. The van der Waals surface area contributed by atoms with E-state index in [-0.39, 0.29) is 0 Å². The molecule has 2 N–H and O–H groups in total. The van der Waals surface area contributed by atoms with Gasteiger partial charge in [-0.3, -0.25) is 0 Å². The average Bonchev–Trinajstić information content (AvgIpc) is 2.95. The third kappa shape index (κ3) is 6.27. The zero-order valence-corrected chi connectivity index (χ0v) is 23.7. The fourth-order valence-electron chi connectivity index (χ4n) is 4.94. The van der Waals surface area contributed by atoms with Gasteiger partial charge in [0, 0.05) is 5.70 Å². The number of nitrogens with two attached hydrogens (primary N) is 1. The molecule has 3 aromatic rings. The van der Waals surface area contributed by atoms with Gasteiger partial charge in [-0.25, -0.2) is 0 Å². The largest absolute Gasteiger partial charge is 0.402 e. The van der Waals surface area contributed by atoms with Crippen LogP contribution in [-0.2, 0) is 0 Å². The van der Waals surface area contributed by atoms with Crippen LogP contribution in [-0.4, -0.2) is 0 Å². The predicted molar refractivity (Wildman–Crippen MR) is 175 cm³/mol. The Kier molecular flexibility index (Phi) is 9.84. The Bertz CT molecular complexity index is 1530. The summed E-state index contributed by atoms with van der Waals surface area (Å²) < 4.78 is 0. The van der Waals surface area contributed by atoms with Crippen molar-refractivity contribution in [3.8, 4) is 0 Å². The summed E-state index contributed by atoms with van der Waals surface area (Å²) >= 11 is 0. The summed E-state index contributed by atoms with van der Waals surface area (Å²) in [5.74, 6) is 0. The van der Waals surface area contributed by atoms with Gasteiger partial charge < -0.3 is 5.73 Å². The molecule has 39 heavy (non-hydrogen) atoms. The summed E-state index contributed by atoms with van der Waals surface area (Å²) in [6, 6.07) is 21.4. The topological polar surface area (TPSA) is 26.0 Å². The zero-order valence-electron chi connectivity index (χ0n) is 23.7. The Morgan fingerprint density at radius 3 is 1.90 bits per heavy atom. The Morgan fingerprint density at radius 2 is 1.36 bits per heavy atom. The molecule has 0 heterocycles. The SMILES string of the molecule is C=C/C=C(\c1ccc(C(/C=C(/C)N)=C/C)cc1)c1ccccc1/C(=C(\C)C=C)c1ccc(C)c(C=C)c1C=C. The Labute approximate surface area is 235 Å². The molecule has 1 nitrogen and oxygen atoms in total. The molecular weight excluding hydrogens is 470 g/mol. The molecule has 0 unspecified atom stereocenters. The van der Waals surface area contributed by atoms with Crippen LogP contribution in [0.2, 0.25) is 0 Å². The minimum Gasteiger partial charge on any atom is -0.402 e. The van der Waals surface area contributed by atoms with Gasteiger partial charge in [0.1, 0.15) is 0 Å². The first-order valence-corrected chi connectivity index (χ1v) is 13.2. The predicted octanol–water partition coefficient (Wildman–Crippen LogP) is 10.2. The van der Waals surface area contributed by atoms with Crippen LogP contribution >= 0.6 is 0 Å². The fraction of sp³-hybridized carbons (Fsp3) is 0.105. The molecule has 0 aromatic heterocycles. The summed E-state index contributed by atoms with van der Waals surface area (Å²) in [4.78, 5) is 0. The van der Waals surface area contributed by atoms with Gasteiger partial charge in [-0.1, -0.05) is 123 Å². The van der Waals surface area contributed by atoms with Gasteiger partial charge in [0.15, 0.2) is 0 Å². The van der Waals surface area contributed by atoms with Crippen molar-refractivity contribution in [3.05, 3.63) is 173 Å². The zero-order chi connectivity index (χ0) is 28.5. The lowest BCUT2D eigenvalue weighted by molar-refractivity contribution is 1.32. The molecule has 3 aromatic carbocycles. The van der Waals surface area contributed by atoms with Crippen molar-refractivity contribution in [2.24, 2.45) is 5.73 Å². The molecule has 0 aliphatic heterocycles. The highest BCUT2D eigenvalue weighted by Crippen LogP contribution is 2.39. The molecule has 1 heteroatoms. The van der Waals surface area contributed by atoms with Crippen molar-refractivity contribution in [1.29, 1.82) is 0 Å². The second kappa shape index (κ2) is 13.3. The van der Waals surface area contributed by atoms with Gasteiger partial charge in [0.05, 0.1) is 0 Å². The maximum atomic E-state index is 5.95. The van der Waals surface area contributed by atoms with Crippen molar-refractivity contribution in [3.63, 3.8) is 0 Å². The number of rotatable bonds is 10. The van der Waals surface area contributed by atoms with Crippen molar-refractivity contribution in [2.75, 3.05) is 0 Å². The van der Waals surface area contributed by atoms with E-state index in [1.165, 1.54) is 5.56 Å². The van der Waals surface area contributed by atoms with Crippen LogP contribution in [0.25, 0.3) is 28.9 Å². The van der Waals surface area contributed by atoms with Gasteiger partial charge in [-0.05, 0) is 101 Å². The van der Waals surface area contributed by atoms with Gasteiger partial charge in [-0.2, -0.15) is 0 Å². The quantitative estimate of drug-likeness (QED) is 0.270. The number of hydrogen-bond donors (Lipinski definition) is 1. The molecule has 0 amide bonds. The smallest absolute Gasteiger partial charge is 0.00549 e.